The maximum Gasteiger partial charge on any atom is 0.326 e. The number of hydrogen-bond acceptors (Lipinski definition) is 13. The largest absolute Gasteiger partial charge is 0.506 e. The summed E-state index contributed by atoms with van der Waals surface area (Å²) in [4.78, 5) is 49.4. The SMILES string of the molecule is O=C(NC(=O)c1ccc2c(N=Nc3ccc(-c4ccc(C(=O)c5ccc(N=Nc6c(O)ccc7cc(CON=CONc8cccc(Br)c8)ccc67)cc5)cc4)cc3)c(O)ccc2c1)Nc1cccc(Br)c1. The Morgan fingerprint density at radius 1 is 0.542 bits per heavy atom. The van der Waals surface area contributed by atoms with Gasteiger partial charge < -0.3 is 25.2 Å². The Morgan fingerprint density at radius 3 is 1.69 bits per heavy atom. The fourth-order valence-electron chi connectivity index (χ4n) is 7.40. The lowest BCUT2D eigenvalue weighted by atomic mass is 9.99. The first-order valence-electron chi connectivity index (χ1n) is 21.9. The molecule has 0 fully saturated rings. The number of anilines is 2. The van der Waals surface area contributed by atoms with Crippen molar-refractivity contribution in [2.45, 2.75) is 6.61 Å². The Morgan fingerprint density at radius 2 is 1.07 bits per heavy atom. The van der Waals surface area contributed by atoms with Crippen LogP contribution in [0.4, 0.5) is 38.9 Å². The smallest absolute Gasteiger partial charge is 0.326 e. The number of benzene rings is 9. The number of carbonyl (C=O) groups is 3. The van der Waals surface area contributed by atoms with Crippen molar-refractivity contribution < 1.29 is 34.3 Å². The lowest BCUT2D eigenvalue weighted by Crippen LogP contribution is -2.34. The van der Waals surface area contributed by atoms with Crippen molar-refractivity contribution in [2.75, 3.05) is 10.8 Å². The Hall–Kier alpha value is -9.06. The molecule has 9 aromatic rings. The quantitative estimate of drug-likeness (QED) is 0.0219. The van der Waals surface area contributed by atoms with Gasteiger partial charge in [-0.05, 0) is 131 Å². The van der Waals surface area contributed by atoms with Crippen molar-refractivity contribution in [1.29, 1.82) is 0 Å². The van der Waals surface area contributed by atoms with E-state index in [9.17, 15) is 24.6 Å². The third-order valence-electron chi connectivity index (χ3n) is 11.0. The molecule has 0 unspecified atom stereocenters. The molecule has 5 N–H and O–H groups in total. The van der Waals surface area contributed by atoms with E-state index in [2.05, 4.69) is 73.6 Å². The number of nitrogens with zero attached hydrogens (tertiary/aromatic N) is 5. The Labute approximate surface area is 427 Å². The summed E-state index contributed by atoms with van der Waals surface area (Å²) in [5, 5.41) is 50.3. The fraction of sp³-hybridized carbons (Fsp3) is 0.0182. The second-order valence-electron chi connectivity index (χ2n) is 15.9. The molecule has 15 nitrogen and oxygen atoms in total. The Kier molecular flexibility index (Phi) is 14.8. The zero-order valence-electron chi connectivity index (χ0n) is 37.5. The number of halogens is 2. The second-order valence-corrected chi connectivity index (χ2v) is 17.7. The molecular weight excluding hydrogens is 1040 g/mol. The molecule has 0 aliphatic rings. The predicted octanol–water partition coefficient (Wildman–Crippen LogP) is 15.1. The molecule has 3 amide bonds. The van der Waals surface area contributed by atoms with Crippen LogP contribution in [-0.4, -0.2) is 34.3 Å². The number of rotatable bonds is 15. The molecule has 0 aliphatic heterocycles. The number of urea groups is 1. The van der Waals surface area contributed by atoms with Crippen molar-refractivity contribution in [1.82, 2.24) is 5.32 Å². The van der Waals surface area contributed by atoms with Gasteiger partial charge in [0.1, 0.15) is 29.5 Å². The summed E-state index contributed by atoms with van der Waals surface area (Å²) in [5.74, 6) is -0.897. The molecule has 0 bridgehead atoms. The number of phenols is 2. The van der Waals surface area contributed by atoms with E-state index in [-0.39, 0.29) is 35.1 Å². The number of oxime groups is 1. The van der Waals surface area contributed by atoms with Crippen molar-refractivity contribution >= 4 is 112 Å². The molecule has 0 aromatic heterocycles. The summed E-state index contributed by atoms with van der Waals surface area (Å²) < 4.78 is 1.68. The highest BCUT2D eigenvalue weighted by atomic mass is 79.9. The molecule has 0 aliphatic carbocycles. The number of amides is 3. The van der Waals surface area contributed by atoms with Crippen molar-refractivity contribution in [3.63, 3.8) is 0 Å². The van der Waals surface area contributed by atoms with Crippen molar-refractivity contribution in [3.05, 3.63) is 213 Å². The molecule has 17 heteroatoms. The normalized spacial score (nSPS) is 11.4. The Balaban J connectivity index is 0.786. The van der Waals surface area contributed by atoms with E-state index < -0.39 is 11.9 Å². The number of ketones is 1. The summed E-state index contributed by atoms with van der Waals surface area (Å²) >= 11 is 6.75. The molecule has 9 aromatic carbocycles. The van der Waals surface area contributed by atoms with E-state index in [1.807, 2.05) is 72.8 Å². The molecule has 354 valence electrons. The van der Waals surface area contributed by atoms with Crippen molar-refractivity contribution in [3.8, 4) is 22.6 Å². The molecule has 0 heterocycles. The van der Waals surface area contributed by atoms with Gasteiger partial charge in [-0.3, -0.25) is 14.9 Å². The zero-order valence-corrected chi connectivity index (χ0v) is 40.7. The first-order chi connectivity index (χ1) is 35.0. The van der Waals surface area contributed by atoms with Gasteiger partial charge in [-0.2, -0.15) is 10.2 Å². The van der Waals surface area contributed by atoms with E-state index in [0.29, 0.717) is 50.0 Å². The summed E-state index contributed by atoms with van der Waals surface area (Å²) in [5.41, 5.74) is 9.36. The van der Waals surface area contributed by atoms with Crippen LogP contribution in [0.25, 0.3) is 32.7 Å². The maximum absolute atomic E-state index is 13.5. The van der Waals surface area contributed by atoms with Crippen LogP contribution in [0, 0.1) is 0 Å². The van der Waals surface area contributed by atoms with E-state index >= 15 is 0 Å². The van der Waals surface area contributed by atoms with Crippen molar-refractivity contribution in [2.24, 2.45) is 25.6 Å². The lowest BCUT2D eigenvalue weighted by Gasteiger charge is -2.09. The first kappa shape index (κ1) is 48.0. The molecule has 0 spiro atoms. The van der Waals surface area contributed by atoms with Crippen LogP contribution < -0.4 is 16.1 Å². The minimum Gasteiger partial charge on any atom is -0.506 e. The monoisotopic (exact) mass is 1080 g/mol. The molecule has 0 radical (unpaired) electrons. The Bertz CT molecular complexity index is 3590. The van der Waals surface area contributed by atoms with Gasteiger partial charge in [-0.25, -0.2) is 10.3 Å². The van der Waals surface area contributed by atoms with Gasteiger partial charge in [-0.1, -0.05) is 116 Å². The van der Waals surface area contributed by atoms with Gasteiger partial charge in [0, 0.05) is 42.1 Å². The van der Waals surface area contributed by atoms with Gasteiger partial charge in [0.25, 0.3) is 5.91 Å². The highest BCUT2D eigenvalue weighted by Crippen LogP contribution is 2.38. The van der Waals surface area contributed by atoms with Crippen LogP contribution in [0.1, 0.15) is 31.8 Å². The lowest BCUT2D eigenvalue weighted by molar-refractivity contribution is 0.0966. The van der Waals surface area contributed by atoms with Gasteiger partial charge in [0.15, 0.2) is 5.78 Å². The molecule has 0 atom stereocenters. The topological polar surface area (TPSA) is 208 Å². The maximum atomic E-state index is 13.5. The number of azo groups is 2. The first-order valence-corrected chi connectivity index (χ1v) is 23.5. The second kappa shape index (κ2) is 22.1. The van der Waals surface area contributed by atoms with Gasteiger partial charge in [-0.15, -0.1) is 10.2 Å². The minimum atomic E-state index is -0.681. The van der Waals surface area contributed by atoms with Crippen LogP contribution in [0.2, 0.25) is 0 Å². The summed E-state index contributed by atoms with van der Waals surface area (Å²) in [7, 11) is 0. The zero-order chi connectivity index (χ0) is 50.0. The van der Waals surface area contributed by atoms with Gasteiger partial charge in [0.2, 0.25) is 6.40 Å². The van der Waals surface area contributed by atoms with Gasteiger partial charge in [0.05, 0.1) is 17.1 Å². The minimum absolute atomic E-state index is 0.0331. The number of imide groups is 1. The number of fused-ring (bicyclic) bond motifs is 2. The number of phenolic OH excluding ortho intramolecular Hbond substituents is 2. The van der Waals surface area contributed by atoms with E-state index in [1.54, 1.807) is 97.1 Å². The van der Waals surface area contributed by atoms with Crippen LogP contribution in [0.5, 0.6) is 11.5 Å². The van der Waals surface area contributed by atoms with Crippen LogP contribution in [0.3, 0.4) is 0 Å². The fourth-order valence-corrected chi connectivity index (χ4v) is 8.20. The average molecular weight is 1080 g/mol. The molecule has 0 saturated carbocycles. The van der Waals surface area contributed by atoms with E-state index in [0.717, 1.165) is 43.1 Å². The highest BCUT2D eigenvalue weighted by molar-refractivity contribution is 9.10. The summed E-state index contributed by atoms with van der Waals surface area (Å²) in [6, 6.07) is 51.9. The summed E-state index contributed by atoms with van der Waals surface area (Å²) in [6.45, 7) is 0.181. The number of nitrogens with one attached hydrogen (secondary N) is 3. The van der Waals surface area contributed by atoms with Crippen LogP contribution in [0.15, 0.2) is 217 Å². The van der Waals surface area contributed by atoms with Crippen LogP contribution in [-0.2, 0) is 16.3 Å². The molecular formula is C55H38Br2N8O7. The predicted molar refractivity (Wildman–Crippen MR) is 284 cm³/mol. The van der Waals surface area contributed by atoms with Gasteiger partial charge >= 0.3 is 6.03 Å². The summed E-state index contributed by atoms with van der Waals surface area (Å²) in [6.07, 6.45) is 1.16. The average Bonchev–Trinajstić information content (AvgIpc) is 3.39. The molecule has 0 saturated heterocycles. The number of aromatic hydroxyl groups is 2. The third-order valence-corrected chi connectivity index (χ3v) is 12.0. The third kappa shape index (κ3) is 11.8. The number of hydrogen-bond donors (Lipinski definition) is 5. The molecule has 9 rings (SSSR count). The number of carbonyl (C=O) groups excluding carboxylic acids is 3. The standard InChI is InChI=1S/C55H38Br2N8O7/c56-41-3-1-5-45(29-41)59-55(70)60-54(69)40-16-24-48-39(28-40)18-26-50(67)52(48)64-61-43-19-12-35(13-20-43)34-8-10-36(11-9-34)53(68)37-14-21-44(22-15-37)62-63-51-47-23-7-33(27-38(47)17-25-49(51)66)31-71-58-32-72-65-46-6-2-4-42(57)30-46/h1-30,32,65-67H,31H2,(H2,59,60,69,70). The molecule has 72 heavy (non-hydrogen) atoms. The van der Waals surface area contributed by atoms with E-state index in [4.69, 9.17) is 9.68 Å². The highest BCUT2D eigenvalue weighted by Gasteiger charge is 2.15. The van der Waals surface area contributed by atoms with E-state index in [1.165, 1.54) is 12.1 Å². The van der Waals surface area contributed by atoms with Crippen LogP contribution >= 0.6 is 31.9 Å².